The third kappa shape index (κ3) is 5.36. The van der Waals surface area contributed by atoms with Gasteiger partial charge in [0.25, 0.3) is 5.91 Å². The van der Waals surface area contributed by atoms with Crippen LogP contribution < -0.4 is 10.6 Å². The number of unbranched alkanes of at least 4 members (excludes halogenated alkanes) is 1. The molecule has 8 nitrogen and oxygen atoms in total. The predicted octanol–water partition coefficient (Wildman–Crippen LogP) is 4.41. The van der Waals surface area contributed by atoms with E-state index in [1.54, 1.807) is 36.4 Å². The summed E-state index contributed by atoms with van der Waals surface area (Å²) in [5.74, 6) is -0.890. The number of aromatic nitrogens is 1. The molecule has 3 aromatic rings. The number of halogens is 1. The molecule has 2 aromatic heterocycles. The summed E-state index contributed by atoms with van der Waals surface area (Å²) >= 11 is 5.81. The number of hydrogen-bond donors (Lipinski definition) is 2. The molecule has 2 amide bonds. The number of anilines is 2. The maximum atomic E-state index is 12.8. The molecular formula is C21H20ClN3O5. The van der Waals surface area contributed by atoms with Crippen molar-refractivity contribution in [1.29, 1.82) is 0 Å². The number of ether oxygens (including phenoxy) is 1. The van der Waals surface area contributed by atoms with Gasteiger partial charge in [0, 0.05) is 24.4 Å². The Kier molecular flexibility index (Phi) is 7.03. The lowest BCUT2D eigenvalue weighted by molar-refractivity contribution is -0.140. The molecule has 0 aliphatic heterocycles. The van der Waals surface area contributed by atoms with Gasteiger partial charge >= 0.3 is 5.97 Å². The van der Waals surface area contributed by atoms with Crippen molar-refractivity contribution in [2.24, 2.45) is 0 Å². The van der Waals surface area contributed by atoms with E-state index in [1.165, 1.54) is 13.3 Å². The fraction of sp³-hybridized carbons (Fsp3) is 0.238. The van der Waals surface area contributed by atoms with Crippen LogP contribution in [0.25, 0.3) is 11.0 Å². The summed E-state index contributed by atoms with van der Waals surface area (Å²) in [5, 5.41) is 6.43. The molecule has 1 aromatic carbocycles. The molecule has 0 unspecified atom stereocenters. The van der Waals surface area contributed by atoms with Gasteiger partial charge in [0.2, 0.25) is 11.7 Å². The third-order valence-corrected chi connectivity index (χ3v) is 4.52. The maximum Gasteiger partial charge on any atom is 0.305 e. The number of carbonyl (C=O) groups excluding carboxylic acids is 3. The summed E-state index contributed by atoms with van der Waals surface area (Å²) in [4.78, 5) is 40.4. The summed E-state index contributed by atoms with van der Waals surface area (Å²) in [5.41, 5.74) is 0.753. The summed E-state index contributed by atoms with van der Waals surface area (Å²) in [6, 6.07) is 10.2. The van der Waals surface area contributed by atoms with Crippen LogP contribution in [0.2, 0.25) is 5.02 Å². The Morgan fingerprint density at radius 1 is 1.07 bits per heavy atom. The minimum atomic E-state index is -0.554. The van der Waals surface area contributed by atoms with Crippen LogP contribution in [0.15, 0.2) is 47.0 Å². The molecule has 0 fully saturated rings. The Balaban J connectivity index is 1.74. The highest BCUT2D eigenvalue weighted by Crippen LogP contribution is 2.31. The monoisotopic (exact) mass is 429 g/mol. The Hall–Kier alpha value is -3.39. The second-order valence-electron chi connectivity index (χ2n) is 6.45. The van der Waals surface area contributed by atoms with Crippen molar-refractivity contribution in [3.8, 4) is 0 Å². The number of nitrogens with one attached hydrogen (secondary N) is 2. The minimum Gasteiger partial charge on any atom is -0.469 e. The highest BCUT2D eigenvalue weighted by atomic mass is 35.5. The van der Waals surface area contributed by atoms with Gasteiger partial charge < -0.3 is 19.8 Å². The Morgan fingerprint density at radius 2 is 1.83 bits per heavy atom. The highest BCUT2D eigenvalue weighted by Gasteiger charge is 2.22. The van der Waals surface area contributed by atoms with E-state index in [0.717, 1.165) is 0 Å². The lowest BCUT2D eigenvalue weighted by Gasteiger charge is -2.07. The van der Waals surface area contributed by atoms with E-state index in [1.807, 2.05) is 0 Å². The number of amides is 2. The van der Waals surface area contributed by atoms with Gasteiger partial charge in [-0.2, -0.15) is 0 Å². The first-order valence-corrected chi connectivity index (χ1v) is 9.67. The number of benzene rings is 1. The van der Waals surface area contributed by atoms with Crippen molar-refractivity contribution >= 4 is 51.9 Å². The Bertz CT molecular complexity index is 1060. The number of fused-ring (bicyclic) bond motifs is 1. The molecule has 0 aliphatic carbocycles. The summed E-state index contributed by atoms with van der Waals surface area (Å²) < 4.78 is 10.3. The molecule has 2 heterocycles. The van der Waals surface area contributed by atoms with Gasteiger partial charge in [-0.15, -0.1) is 0 Å². The molecule has 9 heteroatoms. The normalized spacial score (nSPS) is 10.6. The van der Waals surface area contributed by atoms with Crippen molar-refractivity contribution in [3.05, 3.63) is 53.4 Å². The SMILES string of the molecule is COC(=O)CCCCC(=O)Nc1c(C(=O)Nc2ccc(Cl)cn2)oc2ccccc12. The largest absolute Gasteiger partial charge is 0.469 e. The molecular weight excluding hydrogens is 410 g/mol. The van der Waals surface area contributed by atoms with Gasteiger partial charge in [0.1, 0.15) is 17.1 Å². The second-order valence-corrected chi connectivity index (χ2v) is 6.89. The van der Waals surface area contributed by atoms with E-state index in [0.29, 0.717) is 34.7 Å². The van der Waals surface area contributed by atoms with Crippen molar-refractivity contribution in [2.75, 3.05) is 17.7 Å². The number of carbonyl (C=O) groups is 3. The van der Waals surface area contributed by atoms with Gasteiger partial charge in [0.05, 0.1) is 12.1 Å². The van der Waals surface area contributed by atoms with Crippen LogP contribution in [-0.4, -0.2) is 29.9 Å². The zero-order valence-electron chi connectivity index (χ0n) is 16.2. The number of nitrogens with zero attached hydrogens (tertiary/aromatic N) is 1. The molecule has 156 valence electrons. The Morgan fingerprint density at radius 3 is 2.57 bits per heavy atom. The Labute approximate surface area is 177 Å². The minimum absolute atomic E-state index is 0.0316. The van der Waals surface area contributed by atoms with E-state index in [2.05, 4.69) is 20.4 Å². The number of esters is 1. The first-order valence-electron chi connectivity index (χ1n) is 9.29. The molecule has 30 heavy (non-hydrogen) atoms. The van der Waals surface area contributed by atoms with Crippen molar-refractivity contribution in [1.82, 2.24) is 4.98 Å². The number of pyridine rings is 1. The zero-order valence-corrected chi connectivity index (χ0v) is 17.0. The van der Waals surface area contributed by atoms with Gasteiger partial charge in [-0.3, -0.25) is 14.4 Å². The van der Waals surface area contributed by atoms with Gasteiger partial charge in [-0.25, -0.2) is 4.98 Å². The molecule has 0 aliphatic rings. The topological polar surface area (TPSA) is 111 Å². The highest BCUT2D eigenvalue weighted by molar-refractivity contribution is 6.30. The fourth-order valence-corrected chi connectivity index (χ4v) is 2.92. The van der Waals surface area contributed by atoms with Gasteiger partial charge in [-0.1, -0.05) is 23.7 Å². The van der Waals surface area contributed by atoms with Crippen LogP contribution in [0.3, 0.4) is 0 Å². The molecule has 0 atom stereocenters. The lowest BCUT2D eigenvalue weighted by Crippen LogP contribution is -2.17. The number of methoxy groups -OCH3 is 1. The van der Waals surface area contributed by atoms with Crippen molar-refractivity contribution < 1.29 is 23.5 Å². The van der Waals surface area contributed by atoms with Crippen LogP contribution in [0.5, 0.6) is 0 Å². The van der Waals surface area contributed by atoms with Crippen LogP contribution in [0.4, 0.5) is 11.5 Å². The van der Waals surface area contributed by atoms with Crippen LogP contribution in [-0.2, 0) is 14.3 Å². The zero-order chi connectivity index (χ0) is 21.5. The number of hydrogen-bond acceptors (Lipinski definition) is 6. The average molecular weight is 430 g/mol. The van der Waals surface area contributed by atoms with Crippen LogP contribution >= 0.6 is 11.6 Å². The lowest BCUT2D eigenvalue weighted by atomic mass is 10.1. The fourth-order valence-electron chi connectivity index (χ4n) is 2.81. The van der Waals surface area contributed by atoms with Gasteiger partial charge in [-0.05, 0) is 37.1 Å². The standard InChI is InChI=1S/C21H20ClN3O5/c1-29-18(27)9-5-4-8-17(26)25-19-14-6-2-3-7-15(14)30-20(19)21(28)24-16-11-10-13(22)12-23-16/h2-3,6-7,10-12H,4-5,8-9H2,1H3,(H,25,26)(H,23,24,28). The number of furan rings is 1. The van der Waals surface area contributed by atoms with E-state index in [-0.39, 0.29) is 36.2 Å². The van der Waals surface area contributed by atoms with Crippen LogP contribution in [0.1, 0.15) is 36.2 Å². The number of para-hydroxylation sites is 1. The first-order chi connectivity index (χ1) is 14.5. The molecule has 0 spiro atoms. The van der Waals surface area contributed by atoms with E-state index >= 15 is 0 Å². The van der Waals surface area contributed by atoms with Gasteiger partial charge in [0.15, 0.2) is 0 Å². The van der Waals surface area contributed by atoms with E-state index in [9.17, 15) is 14.4 Å². The third-order valence-electron chi connectivity index (χ3n) is 4.30. The molecule has 0 saturated heterocycles. The van der Waals surface area contributed by atoms with Crippen LogP contribution in [0, 0.1) is 0 Å². The van der Waals surface area contributed by atoms with Crippen molar-refractivity contribution in [2.45, 2.75) is 25.7 Å². The quantitative estimate of drug-likeness (QED) is 0.405. The smallest absolute Gasteiger partial charge is 0.305 e. The molecule has 0 bridgehead atoms. The first kappa shape index (κ1) is 21.3. The second kappa shape index (κ2) is 9.89. The molecule has 2 N–H and O–H groups in total. The maximum absolute atomic E-state index is 12.8. The molecule has 0 radical (unpaired) electrons. The predicted molar refractivity (Wildman–Crippen MR) is 113 cm³/mol. The number of rotatable bonds is 8. The van der Waals surface area contributed by atoms with E-state index < -0.39 is 5.91 Å². The summed E-state index contributed by atoms with van der Waals surface area (Å²) in [7, 11) is 1.32. The average Bonchev–Trinajstić information content (AvgIpc) is 3.11. The van der Waals surface area contributed by atoms with E-state index in [4.69, 9.17) is 16.0 Å². The summed E-state index contributed by atoms with van der Waals surface area (Å²) in [6.45, 7) is 0. The van der Waals surface area contributed by atoms with Crippen molar-refractivity contribution in [3.63, 3.8) is 0 Å². The molecule has 0 saturated carbocycles. The molecule has 3 rings (SSSR count). The summed E-state index contributed by atoms with van der Waals surface area (Å²) in [6.07, 6.45) is 2.89.